The summed E-state index contributed by atoms with van der Waals surface area (Å²) in [5.41, 5.74) is 2.68. The van der Waals surface area contributed by atoms with Crippen LogP contribution < -0.4 is 5.32 Å². The molecule has 190 valence electrons. The Morgan fingerprint density at radius 2 is 1.59 bits per heavy atom. The molecule has 0 aliphatic rings. The first-order valence-electron chi connectivity index (χ1n) is 11.6. The van der Waals surface area contributed by atoms with Gasteiger partial charge in [-0.2, -0.15) is 0 Å². The third-order valence-corrected chi connectivity index (χ3v) is 6.62. The molecule has 0 fully saturated rings. The van der Waals surface area contributed by atoms with E-state index in [-0.39, 0.29) is 28.5 Å². The highest BCUT2D eigenvalue weighted by Crippen LogP contribution is 2.22. The summed E-state index contributed by atoms with van der Waals surface area (Å²) in [6.07, 6.45) is 2.00. The lowest BCUT2D eigenvalue weighted by Crippen LogP contribution is -2.53. The average molecular weight is 538 g/mol. The fraction of sp³-hybridized carbons (Fsp3) is 0.179. The Morgan fingerprint density at radius 1 is 0.946 bits per heavy atom. The number of fused-ring (bicyclic) bond motifs is 1. The van der Waals surface area contributed by atoms with Gasteiger partial charge in [0.15, 0.2) is 0 Å². The second kappa shape index (κ2) is 11.5. The van der Waals surface area contributed by atoms with Gasteiger partial charge in [0.05, 0.1) is 0 Å². The van der Waals surface area contributed by atoms with Crippen LogP contribution in [0.5, 0.6) is 0 Å². The number of H-pyrrole nitrogens is 1. The van der Waals surface area contributed by atoms with Crippen LogP contribution in [0.3, 0.4) is 0 Å². The first-order valence-corrected chi connectivity index (χ1v) is 12.3. The SMILES string of the molecule is CN(C(=O)c1cc(Cl)cc(Cl)c1)[C@@H](Cc1ccccc1)C(=O)N[C@@H](Cc1c[nH]c2ccccc12)C(=O)O. The van der Waals surface area contributed by atoms with Gasteiger partial charge in [-0.1, -0.05) is 71.7 Å². The van der Waals surface area contributed by atoms with Gasteiger partial charge in [-0.05, 0) is 35.4 Å². The number of carboxylic acid groups (broad SMARTS) is 1. The summed E-state index contributed by atoms with van der Waals surface area (Å²) in [7, 11) is 1.50. The molecule has 0 saturated heterocycles. The lowest BCUT2D eigenvalue weighted by Gasteiger charge is -2.29. The van der Waals surface area contributed by atoms with Crippen molar-refractivity contribution in [3.05, 3.63) is 106 Å². The third kappa shape index (κ3) is 6.31. The number of likely N-dealkylation sites (N-methyl/N-ethyl adjacent to an activating group) is 1. The Kier molecular flexibility index (Phi) is 8.16. The maximum absolute atomic E-state index is 13.5. The summed E-state index contributed by atoms with van der Waals surface area (Å²) in [4.78, 5) is 43.4. The Morgan fingerprint density at radius 3 is 2.27 bits per heavy atom. The number of carbonyl (C=O) groups is 3. The fourth-order valence-corrected chi connectivity index (χ4v) is 4.78. The number of aliphatic carboxylic acids is 1. The van der Waals surface area contributed by atoms with Crippen molar-refractivity contribution in [3.63, 3.8) is 0 Å². The van der Waals surface area contributed by atoms with Crippen molar-refractivity contribution in [1.29, 1.82) is 0 Å². The fourth-order valence-electron chi connectivity index (χ4n) is 4.25. The van der Waals surface area contributed by atoms with E-state index in [1.807, 2.05) is 54.6 Å². The molecule has 0 unspecified atom stereocenters. The molecule has 2 amide bonds. The molecule has 1 aromatic heterocycles. The number of nitrogens with one attached hydrogen (secondary N) is 2. The van der Waals surface area contributed by atoms with Crippen molar-refractivity contribution >= 4 is 51.9 Å². The molecule has 4 aromatic rings. The molecular weight excluding hydrogens is 513 g/mol. The number of benzene rings is 3. The lowest BCUT2D eigenvalue weighted by atomic mass is 10.0. The normalized spacial score (nSPS) is 12.6. The van der Waals surface area contributed by atoms with E-state index in [1.165, 1.54) is 30.1 Å². The highest BCUT2D eigenvalue weighted by Gasteiger charge is 2.31. The van der Waals surface area contributed by atoms with Crippen molar-refractivity contribution < 1.29 is 19.5 Å². The first kappa shape index (κ1) is 26.3. The molecule has 0 aliphatic heterocycles. The topological polar surface area (TPSA) is 103 Å². The maximum atomic E-state index is 13.5. The van der Waals surface area contributed by atoms with Crippen LogP contribution in [0.25, 0.3) is 10.9 Å². The molecule has 0 bridgehead atoms. The van der Waals surface area contributed by atoms with Gasteiger partial charge in [-0.15, -0.1) is 0 Å². The Hall–Kier alpha value is -3.81. The molecule has 0 saturated carbocycles. The van der Waals surface area contributed by atoms with E-state index in [0.717, 1.165) is 22.0 Å². The first-order chi connectivity index (χ1) is 17.7. The van der Waals surface area contributed by atoms with Crippen molar-refractivity contribution in [3.8, 4) is 0 Å². The predicted molar refractivity (Wildman–Crippen MR) is 144 cm³/mol. The van der Waals surface area contributed by atoms with Gasteiger partial charge >= 0.3 is 5.97 Å². The lowest BCUT2D eigenvalue weighted by molar-refractivity contribution is -0.142. The number of aromatic nitrogens is 1. The van der Waals surface area contributed by atoms with Crippen LogP contribution in [0.15, 0.2) is 79.0 Å². The molecule has 7 nitrogen and oxygen atoms in total. The molecule has 1 heterocycles. The van der Waals surface area contributed by atoms with Crippen molar-refractivity contribution in [2.75, 3.05) is 7.05 Å². The summed E-state index contributed by atoms with van der Waals surface area (Å²) in [5, 5.41) is 14.0. The molecule has 9 heteroatoms. The second-order valence-electron chi connectivity index (χ2n) is 8.74. The van der Waals surface area contributed by atoms with Crippen LogP contribution in [0.4, 0.5) is 0 Å². The quantitative estimate of drug-likeness (QED) is 0.280. The molecular formula is C28H25Cl2N3O4. The Balaban J connectivity index is 1.60. The van der Waals surface area contributed by atoms with Crippen LogP contribution in [0.2, 0.25) is 10.0 Å². The minimum Gasteiger partial charge on any atom is -0.480 e. The Labute approximate surface area is 224 Å². The van der Waals surface area contributed by atoms with Crippen LogP contribution >= 0.6 is 23.2 Å². The van der Waals surface area contributed by atoms with Gasteiger partial charge < -0.3 is 20.3 Å². The number of para-hydroxylation sites is 1. The monoisotopic (exact) mass is 537 g/mol. The van der Waals surface area contributed by atoms with Crippen molar-refractivity contribution in [2.45, 2.75) is 24.9 Å². The van der Waals surface area contributed by atoms with Gasteiger partial charge in [0.2, 0.25) is 5.91 Å². The molecule has 0 spiro atoms. The van der Waals surface area contributed by atoms with Gasteiger partial charge in [-0.25, -0.2) is 4.79 Å². The van der Waals surface area contributed by atoms with E-state index in [9.17, 15) is 19.5 Å². The van der Waals surface area contributed by atoms with Gasteiger partial charge in [0.25, 0.3) is 5.91 Å². The van der Waals surface area contributed by atoms with Gasteiger partial charge in [0.1, 0.15) is 12.1 Å². The highest BCUT2D eigenvalue weighted by atomic mass is 35.5. The van der Waals surface area contributed by atoms with E-state index >= 15 is 0 Å². The number of hydrogen-bond acceptors (Lipinski definition) is 3. The van der Waals surface area contributed by atoms with E-state index in [0.29, 0.717) is 0 Å². The standard InChI is InChI=1S/C28H25Cl2N3O4/c1-33(27(35)18-12-20(29)15-21(30)13-18)25(11-17-7-3-2-4-8-17)26(34)32-24(28(36)37)14-19-16-31-23-10-6-5-9-22(19)23/h2-10,12-13,15-16,24-25,31H,11,14H2,1H3,(H,32,34)(H,36,37)/t24-,25-/m0/s1. The number of rotatable bonds is 9. The number of carboxylic acids is 1. The van der Waals surface area contributed by atoms with Crippen LogP contribution in [0.1, 0.15) is 21.5 Å². The summed E-state index contributed by atoms with van der Waals surface area (Å²) in [5.74, 6) is -2.23. The minimum absolute atomic E-state index is 0.0741. The molecule has 0 aliphatic carbocycles. The number of aromatic amines is 1. The Bertz CT molecular complexity index is 1420. The summed E-state index contributed by atoms with van der Waals surface area (Å²) >= 11 is 12.2. The smallest absolute Gasteiger partial charge is 0.326 e. The second-order valence-corrected chi connectivity index (χ2v) is 9.62. The van der Waals surface area contributed by atoms with Crippen LogP contribution in [-0.2, 0) is 22.4 Å². The minimum atomic E-state index is -1.20. The zero-order chi connectivity index (χ0) is 26.5. The summed E-state index contributed by atoms with van der Waals surface area (Å²) in [6.45, 7) is 0. The van der Waals surface area contributed by atoms with Crippen LogP contribution in [0, 0.1) is 0 Å². The number of halogens is 2. The molecule has 37 heavy (non-hydrogen) atoms. The van der Waals surface area contributed by atoms with E-state index < -0.39 is 29.9 Å². The predicted octanol–water partition coefficient (Wildman–Crippen LogP) is 4.97. The molecule has 3 N–H and O–H groups in total. The zero-order valence-electron chi connectivity index (χ0n) is 19.9. The number of hydrogen-bond donors (Lipinski definition) is 3. The molecule has 2 atom stereocenters. The highest BCUT2D eigenvalue weighted by molar-refractivity contribution is 6.35. The van der Waals surface area contributed by atoms with Crippen molar-refractivity contribution in [1.82, 2.24) is 15.2 Å². The van der Waals surface area contributed by atoms with Crippen LogP contribution in [-0.4, -0.2) is 51.9 Å². The number of nitrogens with zero attached hydrogens (tertiary/aromatic N) is 1. The van der Waals surface area contributed by atoms with Crippen molar-refractivity contribution in [2.24, 2.45) is 0 Å². The van der Waals surface area contributed by atoms with E-state index in [2.05, 4.69) is 10.3 Å². The maximum Gasteiger partial charge on any atom is 0.326 e. The molecule has 3 aromatic carbocycles. The van der Waals surface area contributed by atoms with Gasteiger partial charge in [-0.3, -0.25) is 9.59 Å². The van der Waals surface area contributed by atoms with Gasteiger partial charge in [0, 0.05) is 52.6 Å². The zero-order valence-corrected chi connectivity index (χ0v) is 21.5. The summed E-state index contributed by atoms with van der Waals surface area (Å²) < 4.78 is 0. The summed E-state index contributed by atoms with van der Waals surface area (Å²) in [6, 6.07) is 19.0. The van der Waals surface area contributed by atoms with E-state index in [4.69, 9.17) is 23.2 Å². The molecule has 4 rings (SSSR count). The largest absolute Gasteiger partial charge is 0.480 e. The number of amides is 2. The average Bonchev–Trinajstić information content (AvgIpc) is 3.28. The number of carbonyl (C=O) groups excluding carboxylic acids is 2. The molecule has 0 radical (unpaired) electrons. The third-order valence-electron chi connectivity index (χ3n) is 6.19. The van der Waals surface area contributed by atoms with E-state index in [1.54, 1.807) is 6.20 Å².